The number of aliphatic hydroxyl groups excluding tert-OH is 2. The molecule has 0 saturated carbocycles. The molecule has 1 aliphatic rings. The summed E-state index contributed by atoms with van der Waals surface area (Å²) in [6.45, 7) is 7.17. The first kappa shape index (κ1) is 14.9. The summed E-state index contributed by atoms with van der Waals surface area (Å²) >= 11 is 0. The molecule has 0 aliphatic carbocycles. The minimum Gasteiger partial charge on any atom is -0.395 e. The van der Waals surface area contributed by atoms with E-state index in [2.05, 4.69) is 4.90 Å². The van der Waals surface area contributed by atoms with Crippen LogP contribution < -0.4 is 0 Å². The van der Waals surface area contributed by atoms with Gasteiger partial charge in [-0.3, -0.25) is 4.90 Å². The number of aliphatic hydroxyl groups is 2. The van der Waals surface area contributed by atoms with Crippen molar-refractivity contribution in [1.29, 1.82) is 0 Å². The molecule has 1 aliphatic heterocycles. The molecule has 5 nitrogen and oxygen atoms in total. The second kappa shape index (κ2) is 9.79. The molecule has 0 radical (unpaired) electrons. The summed E-state index contributed by atoms with van der Waals surface area (Å²) in [5, 5.41) is 17.7. The highest BCUT2D eigenvalue weighted by Crippen LogP contribution is 2.05. The fourth-order valence-electron chi connectivity index (χ4n) is 2.11. The molecule has 1 rings (SSSR count). The van der Waals surface area contributed by atoms with E-state index in [-0.39, 0.29) is 13.2 Å². The molecular formula is C12H26N2O3. The van der Waals surface area contributed by atoms with Gasteiger partial charge in [-0.05, 0) is 25.9 Å². The van der Waals surface area contributed by atoms with Crippen LogP contribution >= 0.6 is 0 Å². The van der Waals surface area contributed by atoms with Crippen LogP contribution in [0.3, 0.4) is 0 Å². The Labute approximate surface area is 104 Å². The van der Waals surface area contributed by atoms with Gasteiger partial charge in [0.15, 0.2) is 0 Å². The Balaban J connectivity index is 1.93. The predicted octanol–water partition coefficient (Wildman–Crippen LogP) is -0.615. The van der Waals surface area contributed by atoms with Gasteiger partial charge in [-0.25, -0.2) is 0 Å². The van der Waals surface area contributed by atoms with Crippen molar-refractivity contribution in [2.75, 3.05) is 65.7 Å². The number of ether oxygens (including phenoxy) is 1. The summed E-state index contributed by atoms with van der Waals surface area (Å²) in [6, 6.07) is 0. The summed E-state index contributed by atoms with van der Waals surface area (Å²) in [4.78, 5) is 4.44. The first-order valence-corrected chi connectivity index (χ1v) is 6.61. The number of hydrogen-bond donors (Lipinski definition) is 2. The Hall–Kier alpha value is -0.200. The first-order valence-electron chi connectivity index (χ1n) is 6.61. The van der Waals surface area contributed by atoms with Crippen molar-refractivity contribution in [3.05, 3.63) is 0 Å². The zero-order chi connectivity index (χ0) is 12.3. The number of likely N-dealkylation sites (tertiary alicyclic amines) is 1. The lowest BCUT2D eigenvalue weighted by Crippen LogP contribution is -2.33. The summed E-state index contributed by atoms with van der Waals surface area (Å²) in [5.41, 5.74) is 0. The first-order chi connectivity index (χ1) is 8.36. The third-order valence-electron chi connectivity index (χ3n) is 3.13. The molecular weight excluding hydrogens is 220 g/mol. The number of hydrogen-bond acceptors (Lipinski definition) is 5. The third kappa shape index (κ3) is 6.95. The highest BCUT2D eigenvalue weighted by molar-refractivity contribution is 4.65. The Bertz CT molecular complexity index is 169. The van der Waals surface area contributed by atoms with E-state index >= 15 is 0 Å². The molecule has 0 atom stereocenters. The molecule has 5 heteroatoms. The largest absolute Gasteiger partial charge is 0.395 e. The van der Waals surface area contributed by atoms with Crippen LogP contribution in [0.4, 0.5) is 0 Å². The van der Waals surface area contributed by atoms with Crippen LogP contribution in [0.15, 0.2) is 0 Å². The molecule has 102 valence electrons. The fourth-order valence-corrected chi connectivity index (χ4v) is 2.11. The van der Waals surface area contributed by atoms with Crippen molar-refractivity contribution in [2.24, 2.45) is 0 Å². The van der Waals surface area contributed by atoms with Crippen LogP contribution in [0.1, 0.15) is 12.8 Å². The van der Waals surface area contributed by atoms with Crippen molar-refractivity contribution in [3.8, 4) is 0 Å². The van der Waals surface area contributed by atoms with E-state index in [4.69, 9.17) is 14.9 Å². The van der Waals surface area contributed by atoms with Gasteiger partial charge in [-0.15, -0.1) is 0 Å². The van der Waals surface area contributed by atoms with E-state index in [0.717, 1.165) is 19.7 Å². The molecule has 2 N–H and O–H groups in total. The highest BCUT2D eigenvalue weighted by Gasteiger charge is 2.10. The molecule has 0 aromatic carbocycles. The van der Waals surface area contributed by atoms with E-state index in [9.17, 15) is 0 Å². The van der Waals surface area contributed by atoms with E-state index < -0.39 is 0 Å². The summed E-state index contributed by atoms with van der Waals surface area (Å²) in [7, 11) is 0. The van der Waals surface area contributed by atoms with Gasteiger partial charge in [0.2, 0.25) is 0 Å². The standard InChI is InChI=1S/C12H26N2O3/c15-9-5-14(6-10-16)8-12-17-11-7-13-3-1-2-4-13/h15-16H,1-12H2. The van der Waals surface area contributed by atoms with E-state index in [1.54, 1.807) is 0 Å². The predicted molar refractivity (Wildman–Crippen MR) is 67.1 cm³/mol. The lowest BCUT2D eigenvalue weighted by Gasteiger charge is -2.20. The van der Waals surface area contributed by atoms with Crippen LogP contribution in [0.5, 0.6) is 0 Å². The second-order valence-corrected chi connectivity index (χ2v) is 4.45. The van der Waals surface area contributed by atoms with Crippen molar-refractivity contribution < 1.29 is 14.9 Å². The van der Waals surface area contributed by atoms with Crippen LogP contribution in [-0.4, -0.2) is 85.7 Å². The zero-order valence-electron chi connectivity index (χ0n) is 10.7. The number of nitrogens with zero attached hydrogens (tertiary/aromatic N) is 2. The molecule has 1 saturated heterocycles. The molecule has 1 fully saturated rings. The van der Waals surface area contributed by atoms with Crippen LogP contribution in [0.25, 0.3) is 0 Å². The van der Waals surface area contributed by atoms with Gasteiger partial charge in [-0.1, -0.05) is 0 Å². The third-order valence-corrected chi connectivity index (χ3v) is 3.13. The summed E-state index contributed by atoms with van der Waals surface area (Å²) in [6.07, 6.45) is 2.64. The lowest BCUT2D eigenvalue weighted by molar-refractivity contribution is 0.0760. The molecule has 0 unspecified atom stereocenters. The molecule has 17 heavy (non-hydrogen) atoms. The van der Waals surface area contributed by atoms with Crippen LogP contribution in [-0.2, 0) is 4.74 Å². The van der Waals surface area contributed by atoms with Crippen LogP contribution in [0.2, 0.25) is 0 Å². The molecule has 1 heterocycles. The van der Waals surface area contributed by atoms with Gasteiger partial charge in [0.25, 0.3) is 0 Å². The van der Waals surface area contributed by atoms with Crippen molar-refractivity contribution >= 4 is 0 Å². The maximum Gasteiger partial charge on any atom is 0.0594 e. The molecule has 0 aromatic heterocycles. The van der Waals surface area contributed by atoms with Crippen molar-refractivity contribution in [2.45, 2.75) is 12.8 Å². The van der Waals surface area contributed by atoms with Gasteiger partial charge in [0.05, 0.1) is 26.4 Å². The Morgan fingerprint density at radius 1 is 0.941 bits per heavy atom. The lowest BCUT2D eigenvalue weighted by atomic mass is 10.4. The highest BCUT2D eigenvalue weighted by atomic mass is 16.5. The van der Waals surface area contributed by atoms with Crippen LogP contribution in [0, 0.1) is 0 Å². The zero-order valence-corrected chi connectivity index (χ0v) is 10.7. The molecule has 0 bridgehead atoms. The number of rotatable bonds is 10. The van der Waals surface area contributed by atoms with Gasteiger partial charge >= 0.3 is 0 Å². The van der Waals surface area contributed by atoms with Crippen molar-refractivity contribution in [1.82, 2.24) is 9.80 Å². The Morgan fingerprint density at radius 3 is 2.18 bits per heavy atom. The maximum atomic E-state index is 8.84. The van der Waals surface area contributed by atoms with E-state index in [0.29, 0.717) is 19.7 Å². The fraction of sp³-hybridized carbons (Fsp3) is 1.00. The summed E-state index contributed by atoms with van der Waals surface area (Å²) in [5.74, 6) is 0. The van der Waals surface area contributed by atoms with E-state index in [1.165, 1.54) is 25.9 Å². The Kier molecular flexibility index (Phi) is 8.56. The average molecular weight is 246 g/mol. The minimum atomic E-state index is 0.133. The second-order valence-electron chi connectivity index (χ2n) is 4.45. The monoisotopic (exact) mass is 246 g/mol. The van der Waals surface area contributed by atoms with Gasteiger partial charge in [0, 0.05) is 26.2 Å². The van der Waals surface area contributed by atoms with E-state index in [1.807, 2.05) is 4.90 Å². The topological polar surface area (TPSA) is 56.2 Å². The molecule has 0 spiro atoms. The molecule has 0 amide bonds. The maximum absolute atomic E-state index is 8.84. The van der Waals surface area contributed by atoms with Gasteiger partial charge < -0.3 is 19.8 Å². The normalized spacial score (nSPS) is 17.1. The Morgan fingerprint density at radius 2 is 1.59 bits per heavy atom. The average Bonchev–Trinajstić information content (AvgIpc) is 2.82. The SMILES string of the molecule is OCCN(CCO)CCOCCN1CCCC1. The quantitative estimate of drug-likeness (QED) is 0.503. The van der Waals surface area contributed by atoms with Gasteiger partial charge in [0.1, 0.15) is 0 Å². The summed E-state index contributed by atoms with van der Waals surface area (Å²) < 4.78 is 5.57. The van der Waals surface area contributed by atoms with Crippen molar-refractivity contribution in [3.63, 3.8) is 0 Å². The molecule has 0 aromatic rings. The minimum absolute atomic E-state index is 0.133. The smallest absolute Gasteiger partial charge is 0.0594 e. The van der Waals surface area contributed by atoms with Gasteiger partial charge in [-0.2, -0.15) is 0 Å².